The average Bonchev–Trinajstić information content (AvgIpc) is 2.35. The number of hydrogen-bond donors (Lipinski definition) is 1. The van der Waals surface area contributed by atoms with Gasteiger partial charge in [0.25, 0.3) is 5.91 Å². The lowest BCUT2D eigenvalue weighted by atomic mass is 9.95. The van der Waals surface area contributed by atoms with Crippen molar-refractivity contribution >= 4 is 11.6 Å². The topological polar surface area (TPSA) is 58.7 Å². The maximum absolute atomic E-state index is 12.1. The molecule has 1 rings (SSSR count). The highest BCUT2D eigenvalue weighted by molar-refractivity contribution is 6.43. The van der Waals surface area contributed by atoms with Gasteiger partial charge in [0.15, 0.2) is 0 Å². The summed E-state index contributed by atoms with van der Waals surface area (Å²) in [6.07, 6.45) is 6.38. The van der Waals surface area contributed by atoms with E-state index in [2.05, 4.69) is 11.9 Å². The fraction of sp³-hybridized carbons (Fsp3) is 0.667. The summed E-state index contributed by atoms with van der Waals surface area (Å²) >= 11 is 0. The molecule has 1 atom stereocenters. The Bertz CT molecular complexity index is 297. The molecule has 1 unspecified atom stereocenters. The van der Waals surface area contributed by atoms with E-state index in [1.54, 1.807) is 13.1 Å². The number of piperidine rings is 1. The van der Waals surface area contributed by atoms with Gasteiger partial charge in [-0.3, -0.25) is 9.79 Å². The zero-order valence-corrected chi connectivity index (χ0v) is 10.1. The van der Waals surface area contributed by atoms with Crippen LogP contribution in [0.5, 0.6) is 0 Å². The summed E-state index contributed by atoms with van der Waals surface area (Å²) in [6.45, 7) is 3.87. The molecule has 4 nitrogen and oxygen atoms in total. The van der Waals surface area contributed by atoms with E-state index in [1.807, 2.05) is 4.90 Å². The average molecular weight is 223 g/mol. The fourth-order valence-electron chi connectivity index (χ4n) is 2.08. The Labute approximate surface area is 97.2 Å². The van der Waals surface area contributed by atoms with Crippen molar-refractivity contribution in [2.75, 3.05) is 20.1 Å². The predicted octanol–water partition coefficient (Wildman–Crippen LogP) is 1.18. The van der Waals surface area contributed by atoms with E-state index in [0.29, 0.717) is 11.6 Å². The van der Waals surface area contributed by atoms with Gasteiger partial charge < -0.3 is 10.6 Å². The van der Waals surface area contributed by atoms with Gasteiger partial charge in [0, 0.05) is 20.1 Å². The molecule has 4 heteroatoms. The van der Waals surface area contributed by atoms with Gasteiger partial charge in [-0.25, -0.2) is 0 Å². The molecule has 1 amide bonds. The minimum Gasteiger partial charge on any atom is -0.405 e. The second-order valence-corrected chi connectivity index (χ2v) is 4.14. The van der Waals surface area contributed by atoms with Crippen LogP contribution in [0.2, 0.25) is 0 Å². The minimum atomic E-state index is 0.00218. The molecule has 0 aromatic heterocycles. The fourth-order valence-corrected chi connectivity index (χ4v) is 2.08. The third-order valence-electron chi connectivity index (χ3n) is 3.10. The molecule has 1 fully saturated rings. The van der Waals surface area contributed by atoms with E-state index in [9.17, 15) is 4.79 Å². The largest absolute Gasteiger partial charge is 0.405 e. The lowest BCUT2D eigenvalue weighted by Gasteiger charge is -2.32. The highest BCUT2D eigenvalue weighted by atomic mass is 16.2. The molecule has 16 heavy (non-hydrogen) atoms. The molecule has 0 aromatic rings. The Morgan fingerprint density at radius 1 is 1.62 bits per heavy atom. The standard InChI is InChI=1S/C12H21N3O/c1-3-10-5-4-8-15(9-10)12(16)11(14-2)6-7-13/h6-7,10H,3-5,8-9,13H2,1-2H3/b7-6-,14-11?. The maximum atomic E-state index is 12.1. The normalized spacial score (nSPS) is 22.8. The number of aliphatic imine (C=N–C) groups is 1. The first-order valence-corrected chi connectivity index (χ1v) is 5.87. The van der Waals surface area contributed by atoms with E-state index >= 15 is 0 Å². The Morgan fingerprint density at radius 3 is 2.94 bits per heavy atom. The first kappa shape index (κ1) is 12.7. The van der Waals surface area contributed by atoms with Crippen LogP contribution < -0.4 is 5.73 Å². The van der Waals surface area contributed by atoms with Crippen LogP contribution in [0, 0.1) is 5.92 Å². The van der Waals surface area contributed by atoms with E-state index in [-0.39, 0.29) is 5.91 Å². The minimum absolute atomic E-state index is 0.00218. The van der Waals surface area contributed by atoms with Crippen LogP contribution in [0.25, 0.3) is 0 Å². The van der Waals surface area contributed by atoms with Gasteiger partial charge in [0.05, 0.1) is 0 Å². The molecule has 0 saturated carbocycles. The molecule has 1 heterocycles. The summed E-state index contributed by atoms with van der Waals surface area (Å²) in [5.41, 5.74) is 5.74. The maximum Gasteiger partial charge on any atom is 0.272 e. The highest BCUT2D eigenvalue weighted by Gasteiger charge is 2.24. The molecule has 0 bridgehead atoms. The second kappa shape index (κ2) is 6.30. The highest BCUT2D eigenvalue weighted by Crippen LogP contribution is 2.19. The van der Waals surface area contributed by atoms with Gasteiger partial charge in [0.2, 0.25) is 0 Å². The number of likely N-dealkylation sites (tertiary alicyclic amines) is 1. The lowest BCUT2D eigenvalue weighted by Crippen LogP contribution is -2.42. The van der Waals surface area contributed by atoms with Crippen molar-refractivity contribution in [2.45, 2.75) is 26.2 Å². The molecule has 0 aromatic carbocycles. The van der Waals surface area contributed by atoms with Crippen molar-refractivity contribution in [1.29, 1.82) is 0 Å². The van der Waals surface area contributed by atoms with Crippen molar-refractivity contribution < 1.29 is 4.79 Å². The van der Waals surface area contributed by atoms with E-state index in [1.165, 1.54) is 12.6 Å². The first-order chi connectivity index (χ1) is 7.72. The van der Waals surface area contributed by atoms with Crippen LogP contribution in [0.1, 0.15) is 26.2 Å². The molecule has 90 valence electrons. The number of carbonyl (C=O) groups excluding carboxylic acids is 1. The van der Waals surface area contributed by atoms with Crippen molar-refractivity contribution in [3.8, 4) is 0 Å². The monoisotopic (exact) mass is 223 g/mol. The van der Waals surface area contributed by atoms with Crippen molar-refractivity contribution in [1.82, 2.24) is 4.90 Å². The molecule has 2 N–H and O–H groups in total. The van der Waals surface area contributed by atoms with Crippen LogP contribution in [0.4, 0.5) is 0 Å². The molecule has 0 radical (unpaired) electrons. The Hall–Kier alpha value is -1.32. The molecular weight excluding hydrogens is 202 g/mol. The zero-order valence-electron chi connectivity index (χ0n) is 10.1. The van der Waals surface area contributed by atoms with Crippen molar-refractivity contribution in [3.05, 3.63) is 12.3 Å². The number of amides is 1. The van der Waals surface area contributed by atoms with Gasteiger partial charge in [-0.1, -0.05) is 13.3 Å². The number of hydrogen-bond acceptors (Lipinski definition) is 3. The quantitative estimate of drug-likeness (QED) is 0.730. The summed E-state index contributed by atoms with van der Waals surface area (Å²) in [7, 11) is 1.62. The third kappa shape index (κ3) is 3.08. The molecule has 1 aliphatic heterocycles. The number of nitrogens with zero attached hydrogens (tertiary/aromatic N) is 2. The van der Waals surface area contributed by atoms with E-state index in [4.69, 9.17) is 5.73 Å². The summed E-state index contributed by atoms with van der Waals surface area (Å²) in [5, 5.41) is 0. The first-order valence-electron chi connectivity index (χ1n) is 5.87. The smallest absolute Gasteiger partial charge is 0.272 e. The van der Waals surface area contributed by atoms with Crippen molar-refractivity contribution in [2.24, 2.45) is 16.6 Å². The number of nitrogens with two attached hydrogens (primary N) is 1. The number of rotatable bonds is 3. The van der Waals surface area contributed by atoms with Crippen molar-refractivity contribution in [3.63, 3.8) is 0 Å². The SMILES string of the molecule is CCC1CCCN(C(=O)C(/C=C\N)=NC)C1. The van der Waals surface area contributed by atoms with Crippen LogP contribution in [-0.4, -0.2) is 36.7 Å². The molecule has 0 spiro atoms. The van der Waals surface area contributed by atoms with Gasteiger partial charge in [-0.05, 0) is 31.0 Å². The van der Waals surface area contributed by atoms with Crippen LogP contribution in [-0.2, 0) is 4.79 Å². The Morgan fingerprint density at radius 2 is 2.38 bits per heavy atom. The molecule has 1 saturated heterocycles. The van der Waals surface area contributed by atoms with Gasteiger partial charge in [-0.15, -0.1) is 0 Å². The Kier molecular flexibility index (Phi) is 5.02. The summed E-state index contributed by atoms with van der Waals surface area (Å²) < 4.78 is 0. The third-order valence-corrected chi connectivity index (χ3v) is 3.10. The van der Waals surface area contributed by atoms with Crippen LogP contribution in [0.3, 0.4) is 0 Å². The zero-order chi connectivity index (χ0) is 12.0. The van der Waals surface area contributed by atoms with Gasteiger partial charge in [-0.2, -0.15) is 0 Å². The molecule has 0 aliphatic carbocycles. The molecule has 1 aliphatic rings. The van der Waals surface area contributed by atoms with Gasteiger partial charge >= 0.3 is 0 Å². The van der Waals surface area contributed by atoms with Crippen LogP contribution >= 0.6 is 0 Å². The summed E-state index contributed by atoms with van der Waals surface area (Å²) in [5.74, 6) is 0.639. The predicted molar refractivity (Wildman–Crippen MR) is 66.3 cm³/mol. The van der Waals surface area contributed by atoms with Crippen LogP contribution in [0.15, 0.2) is 17.3 Å². The number of carbonyl (C=O) groups is 1. The molecular formula is C12H21N3O. The summed E-state index contributed by atoms with van der Waals surface area (Å²) in [4.78, 5) is 17.9. The second-order valence-electron chi connectivity index (χ2n) is 4.14. The van der Waals surface area contributed by atoms with E-state index in [0.717, 1.165) is 25.9 Å². The lowest BCUT2D eigenvalue weighted by molar-refractivity contribution is -0.125. The van der Waals surface area contributed by atoms with E-state index < -0.39 is 0 Å². The van der Waals surface area contributed by atoms with Gasteiger partial charge in [0.1, 0.15) is 5.71 Å². The Balaban J connectivity index is 2.66. The summed E-state index contributed by atoms with van der Waals surface area (Å²) in [6, 6.07) is 0.